The van der Waals surface area contributed by atoms with Gasteiger partial charge in [-0.1, -0.05) is 17.7 Å². The highest BCUT2D eigenvalue weighted by Gasteiger charge is 2.18. The van der Waals surface area contributed by atoms with Crippen LogP contribution in [0.4, 0.5) is 0 Å². The van der Waals surface area contributed by atoms with Gasteiger partial charge in [-0.3, -0.25) is 10.2 Å². The van der Waals surface area contributed by atoms with Crippen molar-refractivity contribution in [2.75, 3.05) is 13.6 Å². The first-order valence-electron chi connectivity index (χ1n) is 6.01. The van der Waals surface area contributed by atoms with Gasteiger partial charge in [0.15, 0.2) is 0 Å². The van der Waals surface area contributed by atoms with Gasteiger partial charge in [-0.15, -0.1) is 0 Å². The zero-order valence-electron chi connectivity index (χ0n) is 11.7. The third kappa shape index (κ3) is 4.47. The van der Waals surface area contributed by atoms with E-state index in [0.717, 1.165) is 11.1 Å². The van der Waals surface area contributed by atoms with Crippen molar-refractivity contribution in [2.45, 2.75) is 33.3 Å². The van der Waals surface area contributed by atoms with Gasteiger partial charge in [0.25, 0.3) is 5.91 Å². The van der Waals surface area contributed by atoms with Crippen LogP contribution < -0.4 is 5.43 Å². The van der Waals surface area contributed by atoms with Gasteiger partial charge >= 0.3 is 0 Å². The van der Waals surface area contributed by atoms with Gasteiger partial charge < -0.3 is 5.11 Å². The fourth-order valence-corrected chi connectivity index (χ4v) is 1.83. The average Bonchev–Trinajstić information content (AvgIpc) is 2.18. The van der Waals surface area contributed by atoms with Gasteiger partial charge in [-0.05, 0) is 39.3 Å². The van der Waals surface area contributed by atoms with Crippen molar-refractivity contribution < 1.29 is 9.90 Å². The molecule has 0 heterocycles. The number of nitrogens with zero attached hydrogens (tertiary/aromatic N) is 1. The van der Waals surface area contributed by atoms with E-state index in [9.17, 15) is 9.90 Å². The number of hydrogen-bond acceptors (Lipinski definition) is 3. The zero-order chi connectivity index (χ0) is 13.9. The third-order valence-electron chi connectivity index (χ3n) is 2.55. The van der Waals surface area contributed by atoms with Crippen molar-refractivity contribution in [3.05, 3.63) is 34.9 Å². The summed E-state index contributed by atoms with van der Waals surface area (Å²) in [6, 6.07) is 5.77. The summed E-state index contributed by atoms with van der Waals surface area (Å²) in [5.74, 6) is -0.150. The third-order valence-corrected chi connectivity index (χ3v) is 2.55. The van der Waals surface area contributed by atoms with Crippen molar-refractivity contribution in [3.63, 3.8) is 0 Å². The van der Waals surface area contributed by atoms with Crippen molar-refractivity contribution in [1.29, 1.82) is 0 Å². The van der Waals surface area contributed by atoms with Gasteiger partial charge in [0.05, 0.1) is 5.60 Å². The second-order valence-electron chi connectivity index (χ2n) is 5.43. The number of hydrazine groups is 1. The maximum absolute atomic E-state index is 12.1. The maximum atomic E-state index is 12.1. The standard InChI is InChI=1S/C14H22N2O2/c1-10-6-7-11(2)12(8-10)13(17)15-16(5)9-14(3,4)18/h6-8,18H,9H2,1-5H3,(H,15,17). The summed E-state index contributed by atoms with van der Waals surface area (Å²) >= 11 is 0. The van der Waals surface area contributed by atoms with Crippen LogP contribution in [0.25, 0.3) is 0 Å². The molecular formula is C14H22N2O2. The molecule has 1 amide bonds. The van der Waals surface area contributed by atoms with Gasteiger partial charge in [0.1, 0.15) is 0 Å². The minimum atomic E-state index is -0.844. The van der Waals surface area contributed by atoms with Crippen molar-refractivity contribution in [1.82, 2.24) is 10.4 Å². The number of amides is 1. The quantitative estimate of drug-likeness (QED) is 0.799. The molecule has 1 aromatic carbocycles. The Labute approximate surface area is 109 Å². The minimum absolute atomic E-state index is 0.150. The van der Waals surface area contributed by atoms with Crippen molar-refractivity contribution >= 4 is 5.91 Å². The molecule has 100 valence electrons. The van der Waals surface area contributed by atoms with Crippen LogP contribution in [0, 0.1) is 13.8 Å². The molecule has 4 nitrogen and oxygen atoms in total. The SMILES string of the molecule is Cc1ccc(C)c(C(=O)NN(C)CC(C)(C)O)c1. The highest BCUT2D eigenvalue weighted by Crippen LogP contribution is 2.11. The topological polar surface area (TPSA) is 52.6 Å². The number of rotatable bonds is 4. The van der Waals surface area contributed by atoms with E-state index in [1.165, 1.54) is 0 Å². The summed E-state index contributed by atoms with van der Waals surface area (Å²) in [4.78, 5) is 12.1. The molecule has 1 rings (SSSR count). The van der Waals surface area contributed by atoms with Crippen LogP contribution >= 0.6 is 0 Å². The maximum Gasteiger partial charge on any atom is 0.265 e. The largest absolute Gasteiger partial charge is 0.389 e. The highest BCUT2D eigenvalue weighted by molar-refractivity contribution is 5.95. The Balaban J connectivity index is 2.74. The molecule has 0 saturated carbocycles. The predicted molar refractivity (Wildman–Crippen MR) is 72.3 cm³/mol. The van der Waals surface area contributed by atoms with Crippen LogP contribution in [0.15, 0.2) is 18.2 Å². The van der Waals surface area contributed by atoms with Crippen LogP contribution in [0.2, 0.25) is 0 Å². The number of benzene rings is 1. The Morgan fingerprint density at radius 1 is 1.39 bits per heavy atom. The lowest BCUT2D eigenvalue weighted by molar-refractivity contribution is 0.0273. The Bertz CT molecular complexity index is 436. The fourth-order valence-electron chi connectivity index (χ4n) is 1.83. The molecular weight excluding hydrogens is 228 g/mol. The van der Waals surface area contributed by atoms with E-state index in [1.54, 1.807) is 25.9 Å². The summed E-state index contributed by atoms with van der Waals surface area (Å²) in [5.41, 5.74) is 4.57. The molecule has 0 aliphatic heterocycles. The molecule has 0 atom stereocenters. The van der Waals surface area contributed by atoms with E-state index in [1.807, 2.05) is 32.0 Å². The van der Waals surface area contributed by atoms with Gasteiger partial charge in [-0.2, -0.15) is 0 Å². The molecule has 0 saturated heterocycles. The first-order chi connectivity index (χ1) is 8.19. The number of aliphatic hydroxyl groups is 1. The monoisotopic (exact) mass is 250 g/mol. The van der Waals surface area contributed by atoms with E-state index in [4.69, 9.17) is 0 Å². The van der Waals surface area contributed by atoms with Crippen LogP contribution in [0.1, 0.15) is 35.3 Å². The summed E-state index contributed by atoms with van der Waals surface area (Å²) in [6.07, 6.45) is 0. The highest BCUT2D eigenvalue weighted by atomic mass is 16.3. The van der Waals surface area contributed by atoms with E-state index in [0.29, 0.717) is 12.1 Å². The van der Waals surface area contributed by atoms with Crippen molar-refractivity contribution in [3.8, 4) is 0 Å². The van der Waals surface area contributed by atoms with Crippen LogP contribution in [-0.4, -0.2) is 35.2 Å². The zero-order valence-corrected chi connectivity index (χ0v) is 11.7. The van der Waals surface area contributed by atoms with E-state index >= 15 is 0 Å². The van der Waals surface area contributed by atoms with Crippen LogP contribution in [-0.2, 0) is 0 Å². The first kappa shape index (κ1) is 14.7. The molecule has 0 aromatic heterocycles. The number of aryl methyl sites for hydroxylation is 2. The summed E-state index contributed by atoms with van der Waals surface area (Å²) in [7, 11) is 1.74. The van der Waals surface area contributed by atoms with Gasteiger partial charge in [-0.25, -0.2) is 5.01 Å². The Morgan fingerprint density at radius 2 is 2.00 bits per heavy atom. The molecule has 0 aliphatic carbocycles. The van der Waals surface area contributed by atoms with E-state index in [2.05, 4.69) is 5.43 Å². The molecule has 0 fully saturated rings. The second-order valence-corrected chi connectivity index (χ2v) is 5.43. The lowest BCUT2D eigenvalue weighted by atomic mass is 10.1. The van der Waals surface area contributed by atoms with Gasteiger partial charge in [0, 0.05) is 19.2 Å². The summed E-state index contributed by atoms with van der Waals surface area (Å²) in [6.45, 7) is 7.63. The average molecular weight is 250 g/mol. The van der Waals surface area contributed by atoms with Gasteiger partial charge in [0.2, 0.25) is 0 Å². The number of carbonyl (C=O) groups excluding carboxylic acids is 1. The Hall–Kier alpha value is -1.39. The number of nitrogens with one attached hydrogen (secondary N) is 1. The molecule has 2 N–H and O–H groups in total. The lowest BCUT2D eigenvalue weighted by Gasteiger charge is -2.26. The van der Waals surface area contributed by atoms with Crippen LogP contribution in [0.3, 0.4) is 0 Å². The molecule has 1 aromatic rings. The van der Waals surface area contributed by atoms with E-state index in [-0.39, 0.29) is 5.91 Å². The smallest absolute Gasteiger partial charge is 0.265 e. The van der Waals surface area contributed by atoms with Crippen LogP contribution in [0.5, 0.6) is 0 Å². The molecule has 18 heavy (non-hydrogen) atoms. The fraction of sp³-hybridized carbons (Fsp3) is 0.500. The molecule has 0 aliphatic rings. The predicted octanol–water partition coefficient (Wildman–Crippen LogP) is 1.65. The summed E-state index contributed by atoms with van der Waals surface area (Å²) in [5, 5.41) is 11.3. The molecule has 0 spiro atoms. The number of likely N-dealkylation sites (N-methyl/N-ethyl adjacent to an activating group) is 1. The number of hydrogen-bond donors (Lipinski definition) is 2. The first-order valence-corrected chi connectivity index (χ1v) is 6.01. The Morgan fingerprint density at radius 3 is 2.56 bits per heavy atom. The molecule has 0 radical (unpaired) electrons. The molecule has 0 unspecified atom stereocenters. The minimum Gasteiger partial charge on any atom is -0.389 e. The van der Waals surface area contributed by atoms with Crippen molar-refractivity contribution in [2.24, 2.45) is 0 Å². The molecule has 4 heteroatoms. The normalized spacial score (nSPS) is 11.7. The van der Waals surface area contributed by atoms with E-state index < -0.39 is 5.60 Å². The second kappa shape index (κ2) is 5.50. The number of carbonyl (C=O) groups is 1. The molecule has 0 bridgehead atoms. The summed E-state index contributed by atoms with van der Waals surface area (Å²) < 4.78 is 0. The Kier molecular flexibility index (Phi) is 4.48. The lowest BCUT2D eigenvalue weighted by Crippen LogP contribution is -2.46.